The van der Waals surface area contributed by atoms with Crippen molar-refractivity contribution in [3.63, 3.8) is 0 Å². The number of nitro groups is 1. The summed E-state index contributed by atoms with van der Waals surface area (Å²) in [6.07, 6.45) is -0.716. The lowest BCUT2D eigenvalue weighted by molar-refractivity contribution is -0.384. The molecule has 2 unspecified atom stereocenters. The van der Waals surface area contributed by atoms with E-state index >= 15 is 0 Å². The van der Waals surface area contributed by atoms with Crippen LogP contribution in [0.5, 0.6) is 0 Å². The van der Waals surface area contributed by atoms with Crippen LogP contribution in [0.15, 0.2) is 18.2 Å². The van der Waals surface area contributed by atoms with E-state index in [1.165, 1.54) is 6.07 Å². The van der Waals surface area contributed by atoms with Gasteiger partial charge in [-0.25, -0.2) is 0 Å². The monoisotopic (exact) mass is 295 g/mol. The second kappa shape index (κ2) is 7.38. The Morgan fingerprint density at radius 1 is 1.33 bits per heavy atom. The van der Waals surface area contributed by atoms with Crippen molar-refractivity contribution in [3.05, 3.63) is 33.9 Å². The van der Waals surface area contributed by atoms with E-state index in [0.717, 1.165) is 6.54 Å². The summed E-state index contributed by atoms with van der Waals surface area (Å²) in [6, 6.07) is 5.10. The molecule has 0 aliphatic carbocycles. The highest BCUT2D eigenvalue weighted by Crippen LogP contribution is 2.32. The molecule has 2 atom stereocenters. The third-order valence-corrected chi connectivity index (χ3v) is 3.49. The fourth-order valence-corrected chi connectivity index (χ4v) is 2.54. The van der Waals surface area contributed by atoms with E-state index in [-0.39, 0.29) is 16.7 Å². The van der Waals surface area contributed by atoms with Gasteiger partial charge in [0.1, 0.15) is 5.69 Å². The van der Waals surface area contributed by atoms with Crippen LogP contribution in [0, 0.1) is 10.1 Å². The number of nitro benzene ring substituents is 1. The molecule has 0 bridgehead atoms. The Kier molecular flexibility index (Phi) is 6.11. The second-order valence-corrected chi connectivity index (χ2v) is 5.58. The number of aliphatic hydroxyl groups excluding tert-OH is 1. The highest BCUT2D eigenvalue weighted by molar-refractivity contribution is 5.65. The molecule has 0 fully saturated rings. The molecule has 1 rings (SSSR count). The van der Waals surface area contributed by atoms with E-state index in [1.54, 1.807) is 19.1 Å². The van der Waals surface area contributed by atoms with Crippen LogP contribution in [0.4, 0.5) is 11.4 Å². The highest BCUT2D eigenvalue weighted by Gasteiger charge is 2.23. The molecule has 0 aliphatic heterocycles. The maximum Gasteiger partial charge on any atom is 0.292 e. The standard InChI is InChI=1S/C15H25N3O3/c1-6-17(11(2)10-16(4)5)14-8-7-13(12(3)19)9-15(14)18(20)21/h7-9,11-12,19H,6,10H2,1-5H3. The van der Waals surface area contributed by atoms with Crippen LogP contribution in [0.2, 0.25) is 0 Å². The van der Waals surface area contributed by atoms with Gasteiger partial charge in [-0.1, -0.05) is 6.07 Å². The number of aliphatic hydroxyl groups is 1. The summed E-state index contributed by atoms with van der Waals surface area (Å²) in [5, 5.41) is 21.0. The molecule has 1 aromatic rings. The summed E-state index contributed by atoms with van der Waals surface area (Å²) in [6.45, 7) is 7.13. The number of benzene rings is 1. The number of likely N-dealkylation sites (N-methyl/N-ethyl adjacent to an activating group) is 2. The molecule has 118 valence electrons. The molecule has 0 saturated carbocycles. The van der Waals surface area contributed by atoms with Gasteiger partial charge in [-0.15, -0.1) is 0 Å². The summed E-state index contributed by atoms with van der Waals surface area (Å²) in [4.78, 5) is 15.0. The first-order valence-electron chi connectivity index (χ1n) is 7.15. The van der Waals surface area contributed by atoms with Crippen molar-refractivity contribution < 1.29 is 10.0 Å². The van der Waals surface area contributed by atoms with Crippen molar-refractivity contribution in [1.29, 1.82) is 0 Å². The summed E-state index contributed by atoms with van der Waals surface area (Å²) < 4.78 is 0. The van der Waals surface area contributed by atoms with Gasteiger partial charge in [0.15, 0.2) is 0 Å². The molecule has 1 aromatic carbocycles. The van der Waals surface area contributed by atoms with Crippen LogP contribution >= 0.6 is 0 Å². The lowest BCUT2D eigenvalue weighted by Gasteiger charge is -2.31. The van der Waals surface area contributed by atoms with Crippen LogP contribution in [-0.2, 0) is 0 Å². The lowest BCUT2D eigenvalue weighted by Crippen LogP contribution is -2.40. The summed E-state index contributed by atoms with van der Waals surface area (Å²) in [5.74, 6) is 0. The number of hydrogen-bond donors (Lipinski definition) is 1. The fourth-order valence-electron chi connectivity index (χ4n) is 2.54. The van der Waals surface area contributed by atoms with Crippen molar-refractivity contribution in [2.45, 2.75) is 32.9 Å². The molecule has 0 aromatic heterocycles. The topological polar surface area (TPSA) is 69.8 Å². The average molecular weight is 295 g/mol. The van der Waals surface area contributed by atoms with Gasteiger partial charge in [-0.2, -0.15) is 0 Å². The van der Waals surface area contributed by atoms with E-state index in [1.807, 2.05) is 25.9 Å². The molecule has 0 aliphatic rings. The molecule has 0 amide bonds. The Hall–Kier alpha value is -1.66. The maximum atomic E-state index is 11.3. The maximum absolute atomic E-state index is 11.3. The molecule has 0 saturated heterocycles. The first kappa shape index (κ1) is 17.4. The zero-order valence-electron chi connectivity index (χ0n) is 13.4. The Morgan fingerprint density at radius 2 is 1.95 bits per heavy atom. The molecule has 6 nitrogen and oxygen atoms in total. The summed E-state index contributed by atoms with van der Waals surface area (Å²) >= 11 is 0. The highest BCUT2D eigenvalue weighted by atomic mass is 16.6. The van der Waals surface area contributed by atoms with Crippen molar-refractivity contribution in [3.8, 4) is 0 Å². The predicted molar refractivity (Wildman–Crippen MR) is 84.8 cm³/mol. The third-order valence-electron chi connectivity index (χ3n) is 3.49. The van der Waals surface area contributed by atoms with Crippen molar-refractivity contribution in [1.82, 2.24) is 4.90 Å². The Bertz CT molecular complexity index is 489. The molecule has 0 heterocycles. The van der Waals surface area contributed by atoms with Gasteiger partial charge in [0.05, 0.1) is 11.0 Å². The molecule has 21 heavy (non-hydrogen) atoms. The number of rotatable bonds is 7. The summed E-state index contributed by atoms with van der Waals surface area (Å²) in [5.41, 5.74) is 1.20. The van der Waals surface area contributed by atoms with Gasteiger partial charge < -0.3 is 14.9 Å². The van der Waals surface area contributed by atoms with Gasteiger partial charge >= 0.3 is 0 Å². The SMILES string of the molecule is CCN(c1ccc(C(C)O)cc1[N+](=O)[O-])C(C)CN(C)C. The number of nitrogens with zero attached hydrogens (tertiary/aromatic N) is 3. The van der Waals surface area contributed by atoms with Gasteiger partial charge in [0.25, 0.3) is 5.69 Å². The predicted octanol–water partition coefficient (Wildman–Crippen LogP) is 2.42. The first-order chi connectivity index (χ1) is 9.77. The number of anilines is 1. The van der Waals surface area contributed by atoms with Gasteiger partial charge in [0.2, 0.25) is 0 Å². The molecular formula is C15H25N3O3. The Morgan fingerprint density at radius 3 is 2.38 bits per heavy atom. The quantitative estimate of drug-likeness (QED) is 0.618. The van der Waals surface area contributed by atoms with Gasteiger partial charge in [0, 0.05) is 25.2 Å². The molecule has 0 radical (unpaired) electrons. The first-order valence-corrected chi connectivity index (χ1v) is 7.15. The van der Waals surface area contributed by atoms with E-state index in [0.29, 0.717) is 17.8 Å². The Balaban J connectivity index is 3.22. The van der Waals surface area contributed by atoms with Crippen LogP contribution in [0.25, 0.3) is 0 Å². The molecule has 6 heteroatoms. The van der Waals surface area contributed by atoms with Crippen LogP contribution in [-0.4, -0.2) is 48.2 Å². The van der Waals surface area contributed by atoms with Crippen LogP contribution in [0.3, 0.4) is 0 Å². The minimum atomic E-state index is -0.716. The molecular weight excluding hydrogens is 270 g/mol. The lowest BCUT2D eigenvalue weighted by atomic mass is 10.1. The third kappa shape index (κ3) is 4.41. The number of hydrogen-bond acceptors (Lipinski definition) is 5. The van der Waals surface area contributed by atoms with Crippen molar-refractivity contribution in [2.75, 3.05) is 32.1 Å². The smallest absolute Gasteiger partial charge is 0.292 e. The average Bonchev–Trinajstić information content (AvgIpc) is 2.38. The minimum absolute atomic E-state index is 0.0425. The summed E-state index contributed by atoms with van der Waals surface area (Å²) in [7, 11) is 3.96. The van der Waals surface area contributed by atoms with Crippen LogP contribution < -0.4 is 4.90 Å². The van der Waals surface area contributed by atoms with E-state index in [9.17, 15) is 15.2 Å². The zero-order chi connectivity index (χ0) is 16.2. The minimum Gasteiger partial charge on any atom is -0.389 e. The van der Waals surface area contributed by atoms with Gasteiger partial charge in [-0.3, -0.25) is 10.1 Å². The van der Waals surface area contributed by atoms with Crippen LogP contribution in [0.1, 0.15) is 32.4 Å². The Labute approximate surface area is 126 Å². The largest absolute Gasteiger partial charge is 0.389 e. The molecule has 0 spiro atoms. The van der Waals surface area contributed by atoms with Crippen molar-refractivity contribution >= 4 is 11.4 Å². The van der Waals surface area contributed by atoms with Gasteiger partial charge in [-0.05, 0) is 46.5 Å². The zero-order valence-corrected chi connectivity index (χ0v) is 13.4. The van der Waals surface area contributed by atoms with E-state index in [2.05, 4.69) is 11.8 Å². The molecule has 1 N–H and O–H groups in total. The van der Waals surface area contributed by atoms with E-state index in [4.69, 9.17) is 0 Å². The second-order valence-electron chi connectivity index (χ2n) is 5.58. The van der Waals surface area contributed by atoms with E-state index < -0.39 is 6.10 Å². The van der Waals surface area contributed by atoms with Crippen molar-refractivity contribution in [2.24, 2.45) is 0 Å². The fraction of sp³-hybridized carbons (Fsp3) is 0.600. The normalized spacial score (nSPS) is 14.0.